The van der Waals surface area contributed by atoms with Gasteiger partial charge in [-0.15, -0.1) is 0 Å². The van der Waals surface area contributed by atoms with Crippen LogP contribution in [-0.2, 0) is 4.79 Å². The van der Waals surface area contributed by atoms with Crippen molar-refractivity contribution in [3.63, 3.8) is 0 Å². The summed E-state index contributed by atoms with van der Waals surface area (Å²) in [5.74, 6) is -0.479. The molecule has 0 saturated heterocycles. The van der Waals surface area contributed by atoms with E-state index in [1.807, 2.05) is 24.3 Å². The van der Waals surface area contributed by atoms with Crippen molar-refractivity contribution >= 4 is 5.97 Å². The predicted molar refractivity (Wildman–Crippen MR) is 67.9 cm³/mol. The minimum absolute atomic E-state index is 0.458. The van der Waals surface area contributed by atoms with Crippen molar-refractivity contribution in [2.75, 3.05) is 7.05 Å². The van der Waals surface area contributed by atoms with Crippen LogP contribution in [0.4, 0.5) is 0 Å². The predicted octanol–water partition coefficient (Wildman–Crippen LogP) is 1.48. The zero-order valence-electron chi connectivity index (χ0n) is 10.5. The van der Waals surface area contributed by atoms with E-state index in [0.29, 0.717) is 5.92 Å². The van der Waals surface area contributed by atoms with Crippen LogP contribution in [0.1, 0.15) is 36.9 Å². The second-order valence-electron chi connectivity index (χ2n) is 4.45. The first kappa shape index (κ1) is 13.7. The van der Waals surface area contributed by atoms with Crippen LogP contribution >= 0.6 is 0 Å². The SMILES string of the molecule is CNC(C(=O)O)C(N)c1ccc(C(C)C)cc1. The summed E-state index contributed by atoms with van der Waals surface area (Å²) >= 11 is 0. The molecular formula is C13H20N2O2. The number of nitrogens with two attached hydrogens (primary N) is 1. The number of aliphatic carboxylic acids is 1. The average molecular weight is 236 g/mol. The van der Waals surface area contributed by atoms with E-state index in [0.717, 1.165) is 5.56 Å². The number of benzene rings is 1. The Bertz CT molecular complexity index is 374. The molecule has 17 heavy (non-hydrogen) atoms. The molecule has 2 unspecified atom stereocenters. The first-order chi connectivity index (χ1) is 7.97. The van der Waals surface area contributed by atoms with Gasteiger partial charge in [0.25, 0.3) is 0 Å². The van der Waals surface area contributed by atoms with Gasteiger partial charge in [-0.2, -0.15) is 0 Å². The van der Waals surface area contributed by atoms with Crippen molar-refractivity contribution in [3.8, 4) is 0 Å². The van der Waals surface area contributed by atoms with Crippen molar-refractivity contribution in [1.82, 2.24) is 5.32 Å². The summed E-state index contributed by atoms with van der Waals surface area (Å²) in [6, 6.07) is 6.47. The summed E-state index contributed by atoms with van der Waals surface area (Å²) in [7, 11) is 1.60. The average Bonchev–Trinajstić information content (AvgIpc) is 2.29. The number of carboxylic acid groups (broad SMARTS) is 1. The monoisotopic (exact) mass is 236 g/mol. The van der Waals surface area contributed by atoms with Crippen molar-refractivity contribution in [1.29, 1.82) is 0 Å². The fourth-order valence-electron chi connectivity index (χ4n) is 1.75. The van der Waals surface area contributed by atoms with E-state index in [-0.39, 0.29) is 0 Å². The Morgan fingerprint density at radius 3 is 2.06 bits per heavy atom. The molecule has 0 bridgehead atoms. The van der Waals surface area contributed by atoms with E-state index < -0.39 is 18.1 Å². The molecule has 94 valence electrons. The van der Waals surface area contributed by atoms with Crippen LogP contribution in [0.2, 0.25) is 0 Å². The van der Waals surface area contributed by atoms with Gasteiger partial charge in [-0.05, 0) is 24.1 Å². The molecule has 0 fully saturated rings. The van der Waals surface area contributed by atoms with E-state index >= 15 is 0 Å². The molecule has 0 radical (unpaired) electrons. The fraction of sp³-hybridized carbons (Fsp3) is 0.462. The van der Waals surface area contributed by atoms with Gasteiger partial charge in [0.1, 0.15) is 6.04 Å². The Morgan fingerprint density at radius 2 is 1.71 bits per heavy atom. The lowest BCUT2D eigenvalue weighted by Gasteiger charge is -2.20. The van der Waals surface area contributed by atoms with Crippen molar-refractivity contribution in [3.05, 3.63) is 35.4 Å². The molecule has 4 heteroatoms. The molecule has 0 amide bonds. The zero-order valence-corrected chi connectivity index (χ0v) is 10.5. The molecule has 1 aromatic carbocycles. The van der Waals surface area contributed by atoms with Gasteiger partial charge in [-0.1, -0.05) is 38.1 Å². The molecule has 2 atom stereocenters. The lowest BCUT2D eigenvalue weighted by Crippen LogP contribution is -2.43. The molecule has 4 nitrogen and oxygen atoms in total. The Kier molecular flexibility index (Phi) is 4.66. The molecule has 1 rings (SSSR count). The van der Waals surface area contributed by atoms with Crippen molar-refractivity contribution in [2.45, 2.75) is 31.8 Å². The maximum Gasteiger partial charge on any atom is 0.322 e. The summed E-state index contributed by atoms with van der Waals surface area (Å²) in [5.41, 5.74) is 7.98. The number of hydrogen-bond acceptors (Lipinski definition) is 3. The minimum Gasteiger partial charge on any atom is -0.480 e. The van der Waals surface area contributed by atoms with Crippen LogP contribution in [-0.4, -0.2) is 24.2 Å². The van der Waals surface area contributed by atoms with E-state index in [1.54, 1.807) is 7.05 Å². The molecule has 0 spiro atoms. The summed E-state index contributed by atoms with van der Waals surface area (Å²) in [6.07, 6.45) is 0. The largest absolute Gasteiger partial charge is 0.480 e. The van der Waals surface area contributed by atoms with Crippen LogP contribution < -0.4 is 11.1 Å². The van der Waals surface area contributed by atoms with Gasteiger partial charge in [0.15, 0.2) is 0 Å². The summed E-state index contributed by atoms with van der Waals surface area (Å²) in [4.78, 5) is 11.0. The second-order valence-corrected chi connectivity index (χ2v) is 4.45. The van der Waals surface area contributed by atoms with E-state index in [1.165, 1.54) is 5.56 Å². The maximum atomic E-state index is 11.0. The molecule has 0 saturated carbocycles. The lowest BCUT2D eigenvalue weighted by atomic mass is 9.96. The van der Waals surface area contributed by atoms with Crippen LogP contribution in [0, 0.1) is 0 Å². The molecule has 0 aliphatic rings. The van der Waals surface area contributed by atoms with Crippen LogP contribution in [0.25, 0.3) is 0 Å². The Balaban J connectivity index is 2.88. The molecule has 0 heterocycles. The normalized spacial score (nSPS) is 14.6. The molecule has 0 aliphatic heterocycles. The van der Waals surface area contributed by atoms with Gasteiger partial charge in [0.2, 0.25) is 0 Å². The zero-order chi connectivity index (χ0) is 13.0. The first-order valence-corrected chi connectivity index (χ1v) is 5.73. The Morgan fingerprint density at radius 1 is 1.24 bits per heavy atom. The molecule has 0 aromatic heterocycles. The van der Waals surface area contributed by atoms with Crippen molar-refractivity contribution in [2.24, 2.45) is 5.73 Å². The third-order valence-electron chi connectivity index (χ3n) is 2.92. The van der Waals surface area contributed by atoms with Crippen LogP contribution in [0.3, 0.4) is 0 Å². The minimum atomic E-state index is -0.937. The number of likely N-dealkylation sites (N-methyl/N-ethyl adjacent to an activating group) is 1. The van der Waals surface area contributed by atoms with E-state index in [9.17, 15) is 4.79 Å². The van der Waals surface area contributed by atoms with E-state index in [2.05, 4.69) is 19.2 Å². The van der Waals surface area contributed by atoms with Crippen molar-refractivity contribution < 1.29 is 9.90 Å². The summed E-state index contributed by atoms with van der Waals surface area (Å²) in [5, 5.41) is 11.7. The molecule has 4 N–H and O–H groups in total. The van der Waals surface area contributed by atoms with E-state index in [4.69, 9.17) is 10.8 Å². The summed E-state index contributed by atoms with van der Waals surface area (Å²) in [6.45, 7) is 4.23. The quantitative estimate of drug-likeness (QED) is 0.724. The van der Waals surface area contributed by atoms with Gasteiger partial charge >= 0.3 is 5.97 Å². The summed E-state index contributed by atoms with van der Waals surface area (Å²) < 4.78 is 0. The third kappa shape index (κ3) is 3.28. The standard InChI is InChI=1S/C13H20N2O2/c1-8(2)9-4-6-10(7-5-9)11(14)12(15-3)13(16)17/h4-8,11-12,15H,14H2,1-3H3,(H,16,17). The number of carboxylic acids is 1. The van der Waals surface area contributed by atoms with Crippen LogP contribution in [0.5, 0.6) is 0 Å². The van der Waals surface area contributed by atoms with Gasteiger partial charge in [-0.25, -0.2) is 0 Å². The Labute approximate surface area is 102 Å². The second kappa shape index (κ2) is 5.80. The fourth-order valence-corrected chi connectivity index (χ4v) is 1.75. The molecule has 1 aromatic rings. The number of carbonyl (C=O) groups is 1. The highest BCUT2D eigenvalue weighted by atomic mass is 16.4. The Hall–Kier alpha value is -1.39. The molecular weight excluding hydrogens is 216 g/mol. The third-order valence-corrected chi connectivity index (χ3v) is 2.92. The first-order valence-electron chi connectivity index (χ1n) is 5.73. The number of rotatable bonds is 5. The maximum absolute atomic E-state index is 11.0. The molecule has 0 aliphatic carbocycles. The van der Waals surface area contributed by atoms with Crippen LogP contribution in [0.15, 0.2) is 24.3 Å². The topological polar surface area (TPSA) is 75.3 Å². The highest BCUT2D eigenvalue weighted by molar-refractivity contribution is 5.74. The highest BCUT2D eigenvalue weighted by Crippen LogP contribution is 2.19. The van der Waals surface area contributed by atoms with Gasteiger partial charge in [0.05, 0.1) is 6.04 Å². The lowest BCUT2D eigenvalue weighted by molar-refractivity contribution is -0.139. The van der Waals surface area contributed by atoms with Gasteiger partial charge in [-0.3, -0.25) is 4.79 Å². The highest BCUT2D eigenvalue weighted by Gasteiger charge is 2.24. The smallest absolute Gasteiger partial charge is 0.322 e. The van der Waals surface area contributed by atoms with Gasteiger partial charge in [0, 0.05) is 0 Å². The number of hydrogen-bond donors (Lipinski definition) is 3. The van der Waals surface area contributed by atoms with Gasteiger partial charge < -0.3 is 16.2 Å². The number of nitrogens with one attached hydrogen (secondary N) is 1.